The predicted molar refractivity (Wildman–Crippen MR) is 43.3 cm³/mol. The fourth-order valence-corrected chi connectivity index (χ4v) is 0.702. The number of carbonyl (C=O) groups excluding carboxylic acids is 2. The summed E-state index contributed by atoms with van der Waals surface area (Å²) in [5.41, 5.74) is 5.24. The summed E-state index contributed by atoms with van der Waals surface area (Å²) in [5, 5.41) is 2.38. The van der Waals surface area contributed by atoms with Crippen LogP contribution < -0.4 is 11.1 Å². The van der Waals surface area contributed by atoms with Crippen molar-refractivity contribution in [1.82, 2.24) is 5.32 Å². The number of hydrogen-bond donors (Lipinski definition) is 2. The van der Waals surface area contributed by atoms with E-state index in [9.17, 15) is 9.59 Å². The van der Waals surface area contributed by atoms with Crippen molar-refractivity contribution in [2.24, 2.45) is 5.73 Å². The molecule has 0 saturated carbocycles. The predicted octanol–water partition coefficient (Wildman–Crippen LogP) is -0.987. The van der Waals surface area contributed by atoms with E-state index in [1.165, 1.54) is 6.92 Å². The molecule has 0 unspecified atom stereocenters. The molecule has 0 aromatic carbocycles. The summed E-state index contributed by atoms with van der Waals surface area (Å²) >= 11 is 0. The largest absolute Gasteiger partial charge is 0.464 e. The minimum Gasteiger partial charge on any atom is -0.464 e. The molecule has 0 rings (SSSR count). The van der Waals surface area contributed by atoms with Gasteiger partial charge in [-0.2, -0.15) is 0 Å². The van der Waals surface area contributed by atoms with Crippen molar-refractivity contribution in [3.63, 3.8) is 0 Å². The number of esters is 1. The Morgan fingerprint density at radius 1 is 1.58 bits per heavy atom. The normalized spacial score (nSPS) is 11.9. The Labute approximate surface area is 71.3 Å². The summed E-state index contributed by atoms with van der Waals surface area (Å²) in [4.78, 5) is 21.5. The highest BCUT2D eigenvalue weighted by Crippen LogP contribution is 1.86. The molecule has 0 bridgehead atoms. The first-order valence-corrected chi connectivity index (χ1v) is 3.75. The zero-order valence-corrected chi connectivity index (χ0v) is 7.29. The minimum absolute atomic E-state index is 0.0540. The van der Waals surface area contributed by atoms with Gasteiger partial charge in [-0.25, -0.2) is 4.79 Å². The Morgan fingerprint density at radius 2 is 2.17 bits per heavy atom. The zero-order valence-electron chi connectivity index (χ0n) is 7.29. The highest BCUT2D eigenvalue weighted by molar-refractivity contribution is 5.83. The number of rotatable bonds is 4. The van der Waals surface area contributed by atoms with Gasteiger partial charge in [-0.3, -0.25) is 4.79 Å². The lowest BCUT2D eigenvalue weighted by atomic mass is 10.3. The first kappa shape index (κ1) is 10.9. The van der Waals surface area contributed by atoms with Crippen LogP contribution in [-0.2, 0) is 14.3 Å². The standard InChI is InChI=1S/C7H14N2O3/c1-3-12-7(11)6(4-8)9-5(2)10/h6H,3-4,8H2,1-2H3,(H,9,10)/t6-/m0/s1. The maximum Gasteiger partial charge on any atom is 0.329 e. The molecule has 12 heavy (non-hydrogen) atoms. The molecule has 0 heterocycles. The summed E-state index contributed by atoms with van der Waals surface area (Å²) in [7, 11) is 0. The van der Waals surface area contributed by atoms with E-state index in [4.69, 9.17) is 5.73 Å². The Morgan fingerprint density at radius 3 is 2.50 bits per heavy atom. The number of carbonyl (C=O) groups is 2. The van der Waals surface area contributed by atoms with Gasteiger partial charge in [-0.15, -0.1) is 0 Å². The minimum atomic E-state index is -0.720. The number of ether oxygens (including phenoxy) is 1. The maximum absolute atomic E-state index is 11.0. The summed E-state index contributed by atoms with van der Waals surface area (Å²) in [5.74, 6) is -0.784. The van der Waals surface area contributed by atoms with Crippen LogP contribution in [0.4, 0.5) is 0 Å². The highest BCUT2D eigenvalue weighted by Gasteiger charge is 2.17. The van der Waals surface area contributed by atoms with Crippen LogP contribution in [0.3, 0.4) is 0 Å². The van der Waals surface area contributed by atoms with Crippen LogP contribution >= 0.6 is 0 Å². The van der Waals surface area contributed by atoms with Crippen molar-refractivity contribution < 1.29 is 14.3 Å². The van der Waals surface area contributed by atoms with Crippen molar-refractivity contribution in [2.75, 3.05) is 13.2 Å². The second-order valence-electron chi connectivity index (χ2n) is 2.24. The van der Waals surface area contributed by atoms with Crippen LogP contribution in [0.2, 0.25) is 0 Å². The monoisotopic (exact) mass is 174 g/mol. The number of nitrogens with two attached hydrogens (primary N) is 1. The SMILES string of the molecule is CCOC(=O)[C@H](CN)NC(C)=O. The first-order valence-electron chi connectivity index (χ1n) is 3.75. The molecular formula is C7H14N2O3. The lowest BCUT2D eigenvalue weighted by Gasteiger charge is -2.13. The van der Waals surface area contributed by atoms with Gasteiger partial charge in [0.2, 0.25) is 5.91 Å². The third-order valence-corrected chi connectivity index (χ3v) is 1.18. The zero-order chi connectivity index (χ0) is 9.56. The number of amides is 1. The van der Waals surface area contributed by atoms with Gasteiger partial charge in [0.05, 0.1) is 6.61 Å². The van der Waals surface area contributed by atoms with Crippen molar-refractivity contribution in [1.29, 1.82) is 0 Å². The van der Waals surface area contributed by atoms with Gasteiger partial charge in [0, 0.05) is 13.5 Å². The number of nitrogens with one attached hydrogen (secondary N) is 1. The molecule has 0 fully saturated rings. The molecule has 0 aromatic rings. The molecule has 0 aliphatic heterocycles. The molecule has 0 radical (unpaired) electrons. The molecule has 70 valence electrons. The molecule has 5 heteroatoms. The molecule has 0 aliphatic rings. The first-order chi connectivity index (χ1) is 5.61. The van der Waals surface area contributed by atoms with E-state index in [0.717, 1.165) is 0 Å². The smallest absolute Gasteiger partial charge is 0.329 e. The van der Waals surface area contributed by atoms with Gasteiger partial charge in [-0.1, -0.05) is 0 Å². The van der Waals surface area contributed by atoms with Gasteiger partial charge in [0.1, 0.15) is 6.04 Å². The van der Waals surface area contributed by atoms with E-state index in [1.807, 2.05) is 0 Å². The topological polar surface area (TPSA) is 81.4 Å². The molecule has 1 atom stereocenters. The second-order valence-corrected chi connectivity index (χ2v) is 2.24. The summed E-state index contributed by atoms with van der Waals surface area (Å²) in [6.45, 7) is 3.36. The van der Waals surface area contributed by atoms with Gasteiger partial charge >= 0.3 is 5.97 Å². The number of hydrogen-bond acceptors (Lipinski definition) is 4. The molecular weight excluding hydrogens is 160 g/mol. The molecule has 0 aliphatic carbocycles. The molecule has 0 saturated heterocycles. The van der Waals surface area contributed by atoms with Gasteiger partial charge in [0.25, 0.3) is 0 Å². The molecule has 0 spiro atoms. The van der Waals surface area contributed by atoms with Gasteiger partial charge < -0.3 is 15.8 Å². The van der Waals surface area contributed by atoms with Crippen LogP contribution in [0, 0.1) is 0 Å². The average molecular weight is 174 g/mol. The van der Waals surface area contributed by atoms with Crippen LogP contribution in [0.15, 0.2) is 0 Å². The molecule has 1 amide bonds. The van der Waals surface area contributed by atoms with Gasteiger partial charge in [0.15, 0.2) is 0 Å². The molecule has 5 nitrogen and oxygen atoms in total. The summed E-state index contributed by atoms with van der Waals surface area (Å²) in [6, 6.07) is -0.720. The maximum atomic E-state index is 11.0. The summed E-state index contributed by atoms with van der Waals surface area (Å²) in [6.07, 6.45) is 0. The van der Waals surface area contributed by atoms with E-state index in [2.05, 4.69) is 10.1 Å². The second kappa shape index (κ2) is 5.54. The quantitative estimate of drug-likeness (QED) is 0.536. The highest BCUT2D eigenvalue weighted by atomic mass is 16.5. The molecule has 0 aromatic heterocycles. The Bertz CT molecular complexity index is 170. The fraction of sp³-hybridized carbons (Fsp3) is 0.714. The van der Waals surface area contributed by atoms with Gasteiger partial charge in [-0.05, 0) is 6.92 Å². The van der Waals surface area contributed by atoms with E-state index in [0.29, 0.717) is 0 Å². The fourth-order valence-electron chi connectivity index (χ4n) is 0.702. The molecule has 3 N–H and O–H groups in total. The lowest BCUT2D eigenvalue weighted by Crippen LogP contribution is -2.45. The third kappa shape index (κ3) is 3.92. The van der Waals surface area contributed by atoms with Crippen molar-refractivity contribution in [3.05, 3.63) is 0 Å². The van der Waals surface area contributed by atoms with Crippen molar-refractivity contribution in [3.8, 4) is 0 Å². The third-order valence-electron chi connectivity index (χ3n) is 1.18. The average Bonchev–Trinajstić information content (AvgIpc) is 2.00. The van der Waals surface area contributed by atoms with E-state index < -0.39 is 12.0 Å². The van der Waals surface area contributed by atoms with Crippen molar-refractivity contribution >= 4 is 11.9 Å². The van der Waals surface area contributed by atoms with Crippen LogP contribution in [0.25, 0.3) is 0 Å². The van der Waals surface area contributed by atoms with Crippen LogP contribution in [0.1, 0.15) is 13.8 Å². The lowest BCUT2D eigenvalue weighted by molar-refractivity contribution is -0.146. The Kier molecular flexibility index (Phi) is 5.03. The van der Waals surface area contributed by atoms with Crippen LogP contribution in [-0.4, -0.2) is 31.1 Å². The summed E-state index contributed by atoms with van der Waals surface area (Å²) < 4.78 is 4.66. The van der Waals surface area contributed by atoms with Crippen LogP contribution in [0.5, 0.6) is 0 Å². The van der Waals surface area contributed by atoms with E-state index >= 15 is 0 Å². The van der Waals surface area contributed by atoms with Crippen molar-refractivity contribution in [2.45, 2.75) is 19.9 Å². The van der Waals surface area contributed by atoms with E-state index in [-0.39, 0.29) is 19.1 Å². The van der Waals surface area contributed by atoms with E-state index in [1.54, 1.807) is 6.92 Å². The Hall–Kier alpha value is -1.10. The Balaban J connectivity index is 3.96.